The van der Waals surface area contributed by atoms with Crippen LogP contribution in [0.3, 0.4) is 0 Å². The van der Waals surface area contributed by atoms with Gasteiger partial charge in [0.1, 0.15) is 5.65 Å². The molecule has 0 aliphatic carbocycles. The van der Waals surface area contributed by atoms with Gasteiger partial charge in [-0.1, -0.05) is 12.1 Å². The van der Waals surface area contributed by atoms with Crippen molar-refractivity contribution in [2.24, 2.45) is 0 Å². The van der Waals surface area contributed by atoms with Crippen LogP contribution in [0.5, 0.6) is 0 Å². The van der Waals surface area contributed by atoms with Crippen LogP contribution in [0.4, 0.5) is 0 Å². The van der Waals surface area contributed by atoms with E-state index in [2.05, 4.69) is 57.6 Å². The Labute approximate surface area is 80.3 Å². The first-order chi connectivity index (χ1) is 6.95. The van der Waals surface area contributed by atoms with Crippen molar-refractivity contribution in [3.05, 3.63) is 48.8 Å². The lowest BCUT2D eigenvalue weighted by Crippen LogP contribution is -1.73. The third-order valence-corrected chi connectivity index (χ3v) is 2.92. The van der Waals surface area contributed by atoms with Crippen LogP contribution in [0.15, 0.2) is 48.8 Å². The molecule has 0 bridgehead atoms. The Morgan fingerprint density at radius 3 is 1.86 bits per heavy atom. The summed E-state index contributed by atoms with van der Waals surface area (Å²) in [4.78, 5) is 0. The molecule has 0 aliphatic rings. The minimum absolute atomic E-state index is 1.28. The first-order valence-corrected chi connectivity index (χ1v) is 4.73. The highest BCUT2D eigenvalue weighted by Gasteiger charge is 2.10. The maximum absolute atomic E-state index is 2.24. The van der Waals surface area contributed by atoms with E-state index >= 15 is 0 Å². The molecule has 0 amide bonds. The fraction of sp³-hybridized carbons (Fsp3) is 0. The predicted octanol–water partition coefficient (Wildman–Crippen LogP) is 2.78. The molecular weight excluding hydrogens is 172 g/mol. The maximum atomic E-state index is 2.24. The van der Waals surface area contributed by atoms with Crippen LogP contribution in [0.2, 0.25) is 0 Å². The highest BCUT2D eigenvalue weighted by atomic mass is 15.1. The second-order valence-electron chi connectivity index (χ2n) is 3.64. The molecule has 1 aromatic carbocycles. The van der Waals surface area contributed by atoms with Gasteiger partial charge in [-0.25, -0.2) is 0 Å². The van der Waals surface area contributed by atoms with Gasteiger partial charge in [0.05, 0.1) is 11.0 Å². The Hall–Kier alpha value is -1.96. The van der Waals surface area contributed by atoms with Gasteiger partial charge in [0, 0.05) is 17.8 Å². The average molecular weight is 180 g/mol. The molecule has 66 valence electrons. The summed E-state index contributed by atoms with van der Waals surface area (Å²) in [5, 5.41) is 1.31. The van der Waals surface area contributed by atoms with E-state index < -0.39 is 0 Å². The summed E-state index contributed by atoms with van der Waals surface area (Å²) in [5.74, 6) is 0. The molecule has 0 atom stereocenters. The fourth-order valence-electron chi connectivity index (χ4n) is 2.31. The molecule has 0 saturated heterocycles. The molecule has 0 N–H and O–H groups in total. The van der Waals surface area contributed by atoms with Gasteiger partial charge in [-0.05, 0) is 24.3 Å². The van der Waals surface area contributed by atoms with Crippen LogP contribution >= 0.6 is 0 Å². The van der Waals surface area contributed by atoms with Gasteiger partial charge < -0.3 is 8.80 Å². The van der Waals surface area contributed by atoms with Crippen LogP contribution in [-0.2, 0) is 0 Å². The first-order valence-electron chi connectivity index (χ1n) is 4.73. The fourth-order valence-corrected chi connectivity index (χ4v) is 2.31. The molecule has 0 radical (unpaired) electrons. The molecule has 2 heteroatoms. The zero-order valence-electron chi connectivity index (χ0n) is 7.51. The van der Waals surface area contributed by atoms with Crippen LogP contribution in [0.25, 0.3) is 22.1 Å². The lowest BCUT2D eigenvalue weighted by molar-refractivity contribution is 1.22. The first kappa shape index (κ1) is 6.49. The summed E-state index contributed by atoms with van der Waals surface area (Å²) in [6, 6.07) is 12.8. The normalized spacial score (nSPS) is 12.3. The number of aromatic nitrogens is 2. The lowest BCUT2D eigenvalue weighted by Gasteiger charge is -1.88. The monoisotopic (exact) mass is 180 g/mol. The van der Waals surface area contributed by atoms with E-state index in [0.717, 1.165) is 0 Å². The third-order valence-electron chi connectivity index (χ3n) is 2.92. The SMILES string of the molecule is c1ccc2c(c1)n1ccc3ccn2c31. The molecule has 3 heterocycles. The van der Waals surface area contributed by atoms with E-state index in [4.69, 9.17) is 0 Å². The van der Waals surface area contributed by atoms with Crippen LogP contribution in [0.1, 0.15) is 0 Å². The minimum Gasteiger partial charge on any atom is -0.300 e. The van der Waals surface area contributed by atoms with Crippen LogP contribution < -0.4 is 0 Å². The quantitative estimate of drug-likeness (QED) is 0.393. The van der Waals surface area contributed by atoms with Crippen LogP contribution in [0, 0.1) is 0 Å². The van der Waals surface area contributed by atoms with Gasteiger partial charge in [-0.3, -0.25) is 0 Å². The lowest BCUT2D eigenvalue weighted by atomic mass is 10.3. The van der Waals surface area contributed by atoms with Gasteiger partial charge in [0.15, 0.2) is 0 Å². The van der Waals surface area contributed by atoms with E-state index in [0.29, 0.717) is 0 Å². The van der Waals surface area contributed by atoms with E-state index in [1.807, 2.05) is 0 Å². The molecule has 0 fully saturated rings. The van der Waals surface area contributed by atoms with E-state index in [-0.39, 0.29) is 0 Å². The van der Waals surface area contributed by atoms with Crippen molar-refractivity contribution in [1.29, 1.82) is 0 Å². The third kappa shape index (κ3) is 0.538. The number of hydrogen-bond acceptors (Lipinski definition) is 0. The number of hydrogen-bond donors (Lipinski definition) is 0. The zero-order valence-corrected chi connectivity index (χ0v) is 7.51. The van der Waals surface area contributed by atoms with Crippen molar-refractivity contribution >= 4 is 22.1 Å². The maximum Gasteiger partial charge on any atom is 0.129 e. The van der Waals surface area contributed by atoms with Crippen LogP contribution in [-0.4, -0.2) is 8.80 Å². The summed E-state index contributed by atoms with van der Waals surface area (Å²) in [5.41, 5.74) is 3.84. The molecule has 4 aromatic rings. The van der Waals surface area contributed by atoms with Gasteiger partial charge >= 0.3 is 0 Å². The Morgan fingerprint density at radius 2 is 1.29 bits per heavy atom. The van der Waals surface area contributed by atoms with E-state index in [9.17, 15) is 0 Å². The summed E-state index contributed by atoms with van der Waals surface area (Å²) in [6.45, 7) is 0. The standard InChI is InChI=1S/C12H8N2/c1-2-4-11-10(3-1)13-7-5-9-6-8-14(11)12(9)13/h1-8H. The number of fused-ring (bicyclic) bond motifs is 3. The number of para-hydroxylation sites is 2. The summed E-state index contributed by atoms with van der Waals surface area (Å²) in [7, 11) is 0. The minimum atomic E-state index is 1.28. The number of rotatable bonds is 0. The largest absolute Gasteiger partial charge is 0.300 e. The Bertz CT molecular complexity index is 647. The summed E-state index contributed by atoms with van der Waals surface area (Å²) in [6.07, 6.45) is 4.26. The summed E-state index contributed by atoms with van der Waals surface area (Å²) >= 11 is 0. The molecule has 3 aromatic heterocycles. The molecule has 4 rings (SSSR count). The second kappa shape index (κ2) is 1.93. The van der Waals surface area contributed by atoms with Crippen molar-refractivity contribution in [1.82, 2.24) is 8.80 Å². The Kier molecular flexibility index (Phi) is 0.892. The Morgan fingerprint density at radius 1 is 0.714 bits per heavy atom. The smallest absolute Gasteiger partial charge is 0.129 e. The number of benzene rings is 1. The van der Waals surface area contributed by atoms with Crippen molar-refractivity contribution in [2.75, 3.05) is 0 Å². The van der Waals surface area contributed by atoms with E-state index in [1.165, 1.54) is 22.1 Å². The van der Waals surface area contributed by atoms with E-state index in [1.54, 1.807) is 0 Å². The molecular formula is C12H8N2. The average Bonchev–Trinajstić information content (AvgIpc) is 2.86. The topological polar surface area (TPSA) is 8.82 Å². The van der Waals surface area contributed by atoms with Gasteiger partial charge in [-0.2, -0.15) is 0 Å². The summed E-state index contributed by atoms with van der Waals surface area (Å²) < 4.78 is 4.48. The Balaban J connectivity index is 2.56. The van der Waals surface area contributed by atoms with Crippen molar-refractivity contribution < 1.29 is 0 Å². The van der Waals surface area contributed by atoms with Gasteiger partial charge in [0.2, 0.25) is 0 Å². The molecule has 0 aliphatic heterocycles. The van der Waals surface area contributed by atoms with Gasteiger partial charge in [-0.15, -0.1) is 0 Å². The zero-order chi connectivity index (χ0) is 9.12. The molecule has 14 heavy (non-hydrogen) atoms. The molecule has 0 unspecified atom stereocenters. The second-order valence-corrected chi connectivity index (χ2v) is 3.64. The molecule has 0 spiro atoms. The highest BCUT2D eigenvalue weighted by molar-refractivity contribution is 5.91. The molecule has 2 nitrogen and oxygen atoms in total. The highest BCUT2D eigenvalue weighted by Crippen LogP contribution is 2.25. The van der Waals surface area contributed by atoms with Gasteiger partial charge in [0.25, 0.3) is 0 Å². The molecule has 0 saturated carbocycles. The number of imidazole rings is 1. The van der Waals surface area contributed by atoms with Crippen molar-refractivity contribution in [3.63, 3.8) is 0 Å². The van der Waals surface area contributed by atoms with Crippen molar-refractivity contribution in [2.45, 2.75) is 0 Å². The number of nitrogens with zero attached hydrogens (tertiary/aromatic N) is 2. The predicted molar refractivity (Wildman–Crippen MR) is 57.0 cm³/mol. The van der Waals surface area contributed by atoms with Crippen molar-refractivity contribution in [3.8, 4) is 0 Å².